The summed E-state index contributed by atoms with van der Waals surface area (Å²) < 4.78 is 5.78. The van der Waals surface area contributed by atoms with Crippen molar-refractivity contribution in [3.8, 4) is 0 Å². The number of hydrogen-bond donors (Lipinski definition) is 1. The summed E-state index contributed by atoms with van der Waals surface area (Å²) in [5.41, 5.74) is 0.673. The number of ether oxygens (including phenoxy) is 1. The van der Waals surface area contributed by atoms with E-state index in [9.17, 15) is 9.90 Å². The molecule has 7 heteroatoms. The van der Waals surface area contributed by atoms with E-state index in [1.165, 1.54) is 0 Å². The van der Waals surface area contributed by atoms with Crippen molar-refractivity contribution < 1.29 is 14.6 Å². The number of aliphatic hydroxyl groups is 1. The van der Waals surface area contributed by atoms with Crippen LogP contribution in [0, 0.1) is 5.41 Å². The second-order valence-corrected chi connectivity index (χ2v) is 9.00. The molecule has 1 N–H and O–H groups in total. The quantitative estimate of drug-likeness (QED) is 0.790. The number of cyclic esters (lactones) is 1. The first kappa shape index (κ1) is 19.6. The fourth-order valence-electron chi connectivity index (χ4n) is 4.71. The maximum atomic E-state index is 12.7. The number of anilines is 1. The van der Waals surface area contributed by atoms with Crippen molar-refractivity contribution in [3.05, 3.63) is 17.8 Å². The van der Waals surface area contributed by atoms with Crippen molar-refractivity contribution in [3.63, 3.8) is 0 Å². The van der Waals surface area contributed by atoms with Crippen molar-refractivity contribution in [1.29, 1.82) is 0 Å². The Bertz CT molecular complexity index is 677. The second kappa shape index (κ2) is 7.95. The fourth-order valence-corrected chi connectivity index (χ4v) is 4.71. The number of nitrogens with zero attached hydrogens (tertiary/aromatic N) is 4. The Morgan fingerprint density at radius 3 is 2.50 bits per heavy atom. The molecule has 3 aliphatic rings. The van der Waals surface area contributed by atoms with Gasteiger partial charge < -0.3 is 14.7 Å². The minimum absolute atomic E-state index is 0.0144. The number of aromatic nitrogens is 2. The fraction of sp³-hybridized carbons (Fsp3) is 0.762. The first-order chi connectivity index (χ1) is 13.4. The van der Waals surface area contributed by atoms with Crippen LogP contribution in [0.2, 0.25) is 0 Å². The van der Waals surface area contributed by atoms with Gasteiger partial charge in [0.15, 0.2) is 5.82 Å². The number of piperidine rings is 2. The zero-order valence-electron chi connectivity index (χ0n) is 17.0. The zero-order chi connectivity index (χ0) is 19.7. The molecule has 1 spiro atoms. The summed E-state index contributed by atoms with van der Waals surface area (Å²) in [6.07, 6.45) is 3.89. The molecule has 3 fully saturated rings. The summed E-state index contributed by atoms with van der Waals surface area (Å²) in [5.74, 6) is 1.25. The van der Waals surface area contributed by atoms with Crippen molar-refractivity contribution in [2.75, 3.05) is 37.6 Å². The number of carbonyl (C=O) groups excluding carboxylic acids is 1. The summed E-state index contributed by atoms with van der Waals surface area (Å²) in [5, 5.41) is 18.4. The van der Waals surface area contributed by atoms with Crippen LogP contribution in [0.1, 0.15) is 57.6 Å². The molecule has 0 amide bonds. The molecule has 4 heterocycles. The molecule has 3 aliphatic heterocycles. The van der Waals surface area contributed by atoms with Crippen molar-refractivity contribution in [2.24, 2.45) is 5.41 Å². The minimum atomic E-state index is -0.332. The van der Waals surface area contributed by atoms with Gasteiger partial charge in [-0.25, -0.2) is 0 Å². The van der Waals surface area contributed by atoms with Crippen molar-refractivity contribution in [2.45, 2.75) is 64.1 Å². The molecule has 4 rings (SSSR count). The van der Waals surface area contributed by atoms with Gasteiger partial charge in [0.05, 0.1) is 17.2 Å². The van der Waals surface area contributed by atoms with Gasteiger partial charge in [-0.2, -0.15) is 5.10 Å². The van der Waals surface area contributed by atoms with Crippen LogP contribution in [-0.2, 0) is 9.53 Å². The smallest absolute Gasteiger partial charge is 0.312 e. The van der Waals surface area contributed by atoms with E-state index in [1.54, 1.807) is 0 Å². The maximum absolute atomic E-state index is 12.7. The Balaban J connectivity index is 1.32. The number of hydrogen-bond acceptors (Lipinski definition) is 7. The first-order valence-electron chi connectivity index (χ1n) is 10.7. The highest BCUT2D eigenvalue weighted by atomic mass is 16.6. The van der Waals surface area contributed by atoms with E-state index in [1.807, 2.05) is 12.1 Å². The van der Waals surface area contributed by atoms with Gasteiger partial charge in [0.2, 0.25) is 0 Å². The Labute approximate surface area is 167 Å². The van der Waals surface area contributed by atoms with E-state index in [-0.39, 0.29) is 23.6 Å². The van der Waals surface area contributed by atoms with Crippen LogP contribution in [-0.4, -0.2) is 71.1 Å². The van der Waals surface area contributed by atoms with Crippen LogP contribution in [0.15, 0.2) is 12.1 Å². The predicted molar refractivity (Wildman–Crippen MR) is 106 cm³/mol. The molecule has 0 radical (unpaired) electrons. The molecule has 1 aromatic heterocycles. The first-order valence-corrected chi connectivity index (χ1v) is 10.7. The number of esters is 1. The summed E-state index contributed by atoms with van der Waals surface area (Å²) in [7, 11) is 0. The van der Waals surface area contributed by atoms with E-state index >= 15 is 0 Å². The van der Waals surface area contributed by atoms with Gasteiger partial charge in [0, 0.05) is 39.1 Å². The topological polar surface area (TPSA) is 78.8 Å². The van der Waals surface area contributed by atoms with Gasteiger partial charge in [-0.15, -0.1) is 5.10 Å². The van der Waals surface area contributed by atoms with Gasteiger partial charge in [-0.3, -0.25) is 9.69 Å². The lowest BCUT2D eigenvalue weighted by molar-refractivity contribution is -0.150. The van der Waals surface area contributed by atoms with Crippen LogP contribution < -0.4 is 4.90 Å². The lowest BCUT2D eigenvalue weighted by atomic mass is 9.76. The molecule has 0 aliphatic carbocycles. The molecule has 0 bridgehead atoms. The van der Waals surface area contributed by atoms with Gasteiger partial charge in [0.1, 0.15) is 6.10 Å². The van der Waals surface area contributed by atoms with Crippen LogP contribution in [0.4, 0.5) is 5.82 Å². The van der Waals surface area contributed by atoms with E-state index in [0.29, 0.717) is 5.92 Å². The Hall–Kier alpha value is -1.73. The van der Waals surface area contributed by atoms with Gasteiger partial charge >= 0.3 is 5.97 Å². The third-order valence-electron chi connectivity index (χ3n) is 6.65. The lowest BCUT2D eigenvalue weighted by Gasteiger charge is -2.37. The number of rotatable bonds is 4. The zero-order valence-corrected chi connectivity index (χ0v) is 17.0. The average molecular weight is 389 g/mol. The highest BCUT2D eigenvalue weighted by Crippen LogP contribution is 2.43. The summed E-state index contributed by atoms with van der Waals surface area (Å²) >= 11 is 0. The van der Waals surface area contributed by atoms with E-state index < -0.39 is 0 Å². The van der Waals surface area contributed by atoms with Gasteiger partial charge in [0.25, 0.3) is 0 Å². The van der Waals surface area contributed by atoms with E-state index in [0.717, 1.165) is 76.3 Å². The standard InChI is InChI=1S/C21H32N4O3/c1-15(2)18-3-4-19(23-22-18)25-11-7-21(8-12-25)13-17(28-20(21)27)14-24-9-5-16(26)6-10-24/h3-4,15-17,26H,5-14H2,1-2H3. The lowest BCUT2D eigenvalue weighted by Crippen LogP contribution is -2.43. The third kappa shape index (κ3) is 4.01. The largest absolute Gasteiger partial charge is 0.461 e. The molecule has 28 heavy (non-hydrogen) atoms. The highest BCUT2D eigenvalue weighted by molar-refractivity contribution is 5.79. The summed E-state index contributed by atoms with van der Waals surface area (Å²) in [6, 6.07) is 4.09. The molecule has 154 valence electrons. The molecule has 7 nitrogen and oxygen atoms in total. The Morgan fingerprint density at radius 1 is 1.18 bits per heavy atom. The number of carbonyl (C=O) groups is 1. The normalized spacial score (nSPS) is 26.2. The third-order valence-corrected chi connectivity index (χ3v) is 6.65. The minimum Gasteiger partial charge on any atom is -0.461 e. The van der Waals surface area contributed by atoms with Gasteiger partial charge in [-0.05, 0) is 43.7 Å². The molecule has 0 aromatic carbocycles. The molecule has 1 aromatic rings. The predicted octanol–water partition coefficient (Wildman–Crippen LogP) is 1.96. The second-order valence-electron chi connectivity index (χ2n) is 9.00. The van der Waals surface area contributed by atoms with E-state index in [2.05, 4.69) is 33.8 Å². The van der Waals surface area contributed by atoms with E-state index in [4.69, 9.17) is 4.74 Å². The monoisotopic (exact) mass is 388 g/mol. The Morgan fingerprint density at radius 2 is 1.89 bits per heavy atom. The summed E-state index contributed by atoms with van der Waals surface area (Å²) in [4.78, 5) is 17.2. The highest BCUT2D eigenvalue weighted by Gasteiger charge is 2.50. The SMILES string of the molecule is CC(C)c1ccc(N2CCC3(CC2)CC(CN2CCC(O)CC2)OC3=O)nn1. The number of likely N-dealkylation sites (tertiary alicyclic amines) is 1. The molecule has 1 atom stereocenters. The maximum Gasteiger partial charge on any atom is 0.312 e. The summed E-state index contributed by atoms with van der Waals surface area (Å²) in [6.45, 7) is 8.43. The van der Waals surface area contributed by atoms with Crippen molar-refractivity contribution >= 4 is 11.8 Å². The van der Waals surface area contributed by atoms with Crippen LogP contribution >= 0.6 is 0 Å². The number of aliphatic hydroxyl groups excluding tert-OH is 1. The molecule has 3 saturated heterocycles. The molecular formula is C21H32N4O3. The molecule has 1 unspecified atom stereocenters. The Kier molecular flexibility index (Phi) is 5.56. The van der Waals surface area contributed by atoms with Gasteiger partial charge in [-0.1, -0.05) is 13.8 Å². The van der Waals surface area contributed by atoms with Crippen LogP contribution in [0.25, 0.3) is 0 Å². The molecule has 0 saturated carbocycles. The van der Waals surface area contributed by atoms with Crippen LogP contribution in [0.3, 0.4) is 0 Å². The average Bonchev–Trinajstić information content (AvgIpc) is 2.99. The molecular weight excluding hydrogens is 356 g/mol. The van der Waals surface area contributed by atoms with Crippen LogP contribution in [0.5, 0.6) is 0 Å². The van der Waals surface area contributed by atoms with Crippen molar-refractivity contribution in [1.82, 2.24) is 15.1 Å².